The summed E-state index contributed by atoms with van der Waals surface area (Å²) in [6.45, 7) is 5.35. The normalized spacial score (nSPS) is 25.8. The summed E-state index contributed by atoms with van der Waals surface area (Å²) < 4.78 is 43.6. The maximum absolute atomic E-state index is 14.3. The molecule has 20 heteroatoms. The van der Waals surface area contributed by atoms with Gasteiger partial charge in [-0.1, -0.05) is 6.07 Å². The van der Waals surface area contributed by atoms with Gasteiger partial charge >= 0.3 is 0 Å². The number of nitrogens with one attached hydrogen (secondary N) is 3. The van der Waals surface area contributed by atoms with Gasteiger partial charge in [-0.25, -0.2) is 18.3 Å². The third-order valence-corrected chi connectivity index (χ3v) is 13.7. The second-order valence-electron chi connectivity index (χ2n) is 17.8. The number of aromatic nitrogens is 5. The monoisotopic (exact) mass is 883 g/mol. The first-order chi connectivity index (χ1) is 31.1. The van der Waals surface area contributed by atoms with E-state index in [4.69, 9.17) is 9.47 Å². The van der Waals surface area contributed by atoms with Crippen LogP contribution in [-0.4, -0.2) is 134 Å². The number of nitrogens with zero attached hydrogens (tertiary/aromatic N) is 8. The quantitative estimate of drug-likeness (QED) is 0.171. The topological polar surface area (TPSA) is 198 Å². The van der Waals surface area contributed by atoms with E-state index in [1.54, 1.807) is 29.1 Å². The van der Waals surface area contributed by atoms with Gasteiger partial charge in [0.1, 0.15) is 17.4 Å². The van der Waals surface area contributed by atoms with Crippen LogP contribution in [0.3, 0.4) is 0 Å². The van der Waals surface area contributed by atoms with Gasteiger partial charge in [0, 0.05) is 63.3 Å². The zero-order valence-corrected chi connectivity index (χ0v) is 35.3. The molecule has 1 unspecified atom stereocenters. The predicted octanol–water partition coefficient (Wildman–Crippen LogP) is 4.21. The van der Waals surface area contributed by atoms with Crippen LogP contribution in [0.1, 0.15) is 113 Å². The molecule has 4 aromatic rings. The average Bonchev–Trinajstić information content (AvgIpc) is 3.98. The van der Waals surface area contributed by atoms with E-state index < -0.39 is 47.7 Å². The lowest BCUT2D eigenvalue weighted by atomic mass is 9.85. The molecule has 2 saturated carbocycles. The fraction of sp³-hybridized carbons (Fsp3) is 0.545. The Morgan fingerprint density at radius 3 is 2.45 bits per heavy atom. The van der Waals surface area contributed by atoms with Crippen molar-refractivity contribution in [3.05, 3.63) is 65.2 Å². The van der Waals surface area contributed by atoms with E-state index in [1.807, 2.05) is 6.07 Å². The lowest BCUT2D eigenvalue weighted by Gasteiger charge is -2.41. The minimum Gasteiger partial charge on any atom is -0.381 e. The number of benzene rings is 1. The summed E-state index contributed by atoms with van der Waals surface area (Å²) in [5.41, 5.74) is 1.11. The fourth-order valence-corrected chi connectivity index (χ4v) is 10.1. The van der Waals surface area contributed by atoms with Crippen molar-refractivity contribution >= 4 is 52.4 Å². The van der Waals surface area contributed by atoms with Crippen LogP contribution in [0.15, 0.2) is 42.9 Å². The summed E-state index contributed by atoms with van der Waals surface area (Å²) in [5.74, 6) is -1.50. The van der Waals surface area contributed by atoms with Crippen molar-refractivity contribution in [1.29, 1.82) is 0 Å². The van der Waals surface area contributed by atoms with Crippen molar-refractivity contribution in [3.63, 3.8) is 0 Å². The van der Waals surface area contributed by atoms with E-state index >= 15 is 0 Å². The van der Waals surface area contributed by atoms with Crippen molar-refractivity contribution in [2.45, 2.75) is 101 Å². The van der Waals surface area contributed by atoms with E-state index in [0.717, 1.165) is 75.9 Å². The summed E-state index contributed by atoms with van der Waals surface area (Å²) >= 11 is 0. The highest BCUT2D eigenvalue weighted by Gasteiger charge is 2.46. The largest absolute Gasteiger partial charge is 0.381 e. The van der Waals surface area contributed by atoms with E-state index in [9.17, 15) is 32.8 Å². The molecule has 0 spiro atoms. The first kappa shape index (κ1) is 42.1. The Hall–Kier alpha value is -5.86. The number of alkyl halides is 2. The summed E-state index contributed by atoms with van der Waals surface area (Å²) in [7, 11) is 0. The number of ether oxygens (including phenoxy) is 2. The Morgan fingerprint density at radius 1 is 0.922 bits per heavy atom. The van der Waals surface area contributed by atoms with Gasteiger partial charge in [0.2, 0.25) is 11.8 Å². The number of carbonyl (C=O) groups excluding carboxylic acids is 5. The number of amides is 5. The number of piperidine rings is 2. The van der Waals surface area contributed by atoms with Gasteiger partial charge in [0.25, 0.3) is 24.1 Å². The Bertz CT molecular complexity index is 2450. The molecule has 3 aromatic heterocycles. The van der Waals surface area contributed by atoms with Crippen molar-refractivity contribution in [2.24, 2.45) is 5.92 Å². The van der Waals surface area contributed by atoms with Gasteiger partial charge in [-0.15, -0.1) is 0 Å². The Balaban J connectivity index is 0.667. The second kappa shape index (κ2) is 17.6. The predicted molar refractivity (Wildman–Crippen MR) is 226 cm³/mol. The molecule has 1 atom stereocenters. The van der Waals surface area contributed by atoms with Crippen LogP contribution in [0.25, 0.3) is 5.65 Å². The third kappa shape index (κ3) is 8.33. The van der Waals surface area contributed by atoms with Crippen LogP contribution in [0.4, 0.5) is 26.0 Å². The first-order valence-corrected chi connectivity index (χ1v) is 22.4. The molecule has 1 aromatic carbocycles. The van der Waals surface area contributed by atoms with Crippen molar-refractivity contribution in [3.8, 4) is 0 Å². The molecule has 5 fully saturated rings. The standard InChI is InChI=1S/C44H51F2N11O7/c45-39(46)38-33(49-41(59)31-22-47-55-15-12-35(50-40(31)55)54-16-18-63-19-17-54)24-56(52-38)27-6-4-25(5-7-27)23-53-13-10-28(11-14-53)64-29-20-26(21-29)48-32-3-1-2-30-37(32)44(62)57(43(30)61)34-8-9-36(58)51-42(34)60/h1-3,12,15,22,24-29,34,39,48H,4-11,13-14,16-21,23H2,(H,49,59)(H,51,58,60)/t25-,26-,27-,29-,34?. The van der Waals surface area contributed by atoms with Gasteiger partial charge < -0.3 is 29.9 Å². The van der Waals surface area contributed by atoms with Crippen molar-refractivity contribution in [2.75, 3.05) is 61.5 Å². The van der Waals surface area contributed by atoms with Crippen molar-refractivity contribution < 1.29 is 42.2 Å². The lowest BCUT2D eigenvalue weighted by molar-refractivity contribution is -0.136. The minimum atomic E-state index is -2.87. The Labute approximate surface area is 367 Å². The number of imide groups is 2. The first-order valence-electron chi connectivity index (χ1n) is 22.4. The molecule has 0 radical (unpaired) electrons. The molecule has 5 amide bonds. The fourth-order valence-electron chi connectivity index (χ4n) is 10.1. The summed E-state index contributed by atoms with van der Waals surface area (Å²) in [5, 5.41) is 16.9. The number of rotatable bonds is 12. The number of hydrogen-bond acceptors (Lipinski definition) is 13. The van der Waals surface area contributed by atoms with Crippen LogP contribution in [0.5, 0.6) is 0 Å². The molecule has 338 valence electrons. The van der Waals surface area contributed by atoms with Crippen LogP contribution in [0, 0.1) is 5.92 Å². The Kier molecular flexibility index (Phi) is 11.6. The minimum absolute atomic E-state index is 0.0155. The maximum atomic E-state index is 14.3. The van der Waals surface area contributed by atoms with Crippen LogP contribution in [-0.2, 0) is 19.1 Å². The highest BCUT2D eigenvalue weighted by atomic mass is 19.3. The number of carbonyl (C=O) groups is 5. The van der Waals surface area contributed by atoms with E-state index in [2.05, 4.69) is 40.9 Å². The molecule has 4 aliphatic heterocycles. The number of halogens is 2. The molecule has 64 heavy (non-hydrogen) atoms. The van der Waals surface area contributed by atoms with Crippen LogP contribution < -0.4 is 20.9 Å². The molecule has 0 bridgehead atoms. The smallest absolute Gasteiger partial charge is 0.284 e. The molecule has 3 N–H and O–H groups in total. The summed E-state index contributed by atoms with van der Waals surface area (Å²) in [4.78, 5) is 74.6. The molecular formula is C44H51F2N11O7. The maximum Gasteiger partial charge on any atom is 0.284 e. The van der Waals surface area contributed by atoms with Crippen LogP contribution in [0.2, 0.25) is 0 Å². The number of hydrogen-bond donors (Lipinski definition) is 3. The molecule has 6 aliphatic rings. The van der Waals surface area contributed by atoms with Gasteiger partial charge in [-0.3, -0.25) is 38.9 Å². The van der Waals surface area contributed by atoms with Crippen molar-refractivity contribution in [1.82, 2.24) is 39.5 Å². The van der Waals surface area contributed by atoms with E-state index in [-0.39, 0.29) is 59.5 Å². The highest BCUT2D eigenvalue weighted by Crippen LogP contribution is 2.38. The number of likely N-dealkylation sites (tertiary alicyclic amines) is 1. The molecule has 2 aliphatic carbocycles. The molecule has 18 nitrogen and oxygen atoms in total. The molecular weight excluding hydrogens is 833 g/mol. The zero-order valence-electron chi connectivity index (χ0n) is 35.3. The van der Waals surface area contributed by atoms with E-state index in [0.29, 0.717) is 49.4 Å². The van der Waals surface area contributed by atoms with E-state index in [1.165, 1.54) is 16.9 Å². The van der Waals surface area contributed by atoms with Crippen LogP contribution >= 0.6 is 0 Å². The summed E-state index contributed by atoms with van der Waals surface area (Å²) in [6, 6.07) is 5.93. The van der Waals surface area contributed by atoms with Gasteiger partial charge in [-0.2, -0.15) is 10.2 Å². The van der Waals surface area contributed by atoms with Gasteiger partial charge in [-0.05, 0) is 81.9 Å². The number of fused-ring (bicyclic) bond motifs is 2. The average molecular weight is 884 g/mol. The SMILES string of the molecule is O=C1CCC(N2C(=O)c3cccc(N[C@H]4C[C@H](OC5CCN(C[C@H]6CC[C@H](n7cc(NC(=O)c8cnn9ccc(N%10CCOCC%10)nc89)c(C(F)F)n7)CC6)CC5)C4)c3C2=O)C(=O)N1. The molecule has 10 rings (SSSR count). The summed E-state index contributed by atoms with van der Waals surface area (Å²) in [6.07, 6.45) is 9.11. The number of morpholine rings is 1. The molecule has 3 saturated heterocycles. The van der Waals surface area contributed by atoms with Gasteiger partial charge in [0.15, 0.2) is 11.3 Å². The van der Waals surface area contributed by atoms with Gasteiger partial charge in [0.05, 0.1) is 54.5 Å². The Morgan fingerprint density at radius 2 is 1.70 bits per heavy atom. The second-order valence-corrected chi connectivity index (χ2v) is 17.8. The number of anilines is 3. The third-order valence-electron chi connectivity index (χ3n) is 13.7. The molecule has 7 heterocycles. The highest BCUT2D eigenvalue weighted by molar-refractivity contribution is 6.25. The lowest BCUT2D eigenvalue weighted by Crippen LogP contribution is -2.54. The zero-order chi connectivity index (χ0) is 44.1.